The Morgan fingerprint density at radius 3 is 2.57 bits per heavy atom. The van der Waals surface area contributed by atoms with Crippen LogP contribution in [-0.4, -0.2) is 41.8 Å². The molecule has 1 amide bonds. The van der Waals surface area contributed by atoms with Gasteiger partial charge in [0.05, 0.1) is 5.02 Å². The summed E-state index contributed by atoms with van der Waals surface area (Å²) in [6, 6.07) is 4.11. The van der Waals surface area contributed by atoms with E-state index in [1.54, 1.807) is 6.07 Å². The first-order valence-electron chi connectivity index (χ1n) is 7.79. The predicted octanol–water partition coefficient (Wildman–Crippen LogP) is 2.58. The Morgan fingerprint density at radius 1 is 1.30 bits per heavy atom. The van der Waals surface area contributed by atoms with Crippen LogP contribution in [0.3, 0.4) is 0 Å². The van der Waals surface area contributed by atoms with E-state index in [-0.39, 0.29) is 17.0 Å². The summed E-state index contributed by atoms with van der Waals surface area (Å²) in [5.41, 5.74) is 0.254. The second-order valence-corrected chi connectivity index (χ2v) is 6.94. The Bertz CT molecular complexity index is 598. The Morgan fingerprint density at radius 2 is 1.96 bits per heavy atom. The van der Waals surface area contributed by atoms with E-state index < -0.39 is 17.5 Å². The first kappa shape index (κ1) is 17.9. The zero-order chi connectivity index (χ0) is 17.0. The van der Waals surface area contributed by atoms with Crippen molar-refractivity contribution in [3.05, 3.63) is 34.6 Å². The quantitative estimate of drug-likeness (QED) is 0.810. The van der Waals surface area contributed by atoms with Gasteiger partial charge in [-0.1, -0.05) is 17.7 Å². The summed E-state index contributed by atoms with van der Waals surface area (Å²) in [6.07, 6.45) is 2.20. The highest BCUT2D eigenvalue weighted by atomic mass is 35.5. The molecule has 1 saturated heterocycles. The van der Waals surface area contributed by atoms with E-state index in [0.29, 0.717) is 12.1 Å². The van der Waals surface area contributed by atoms with Gasteiger partial charge in [0.15, 0.2) is 0 Å². The fourth-order valence-electron chi connectivity index (χ4n) is 2.74. The number of amides is 1. The molecule has 126 valence electrons. The first-order valence-corrected chi connectivity index (χ1v) is 8.17. The summed E-state index contributed by atoms with van der Waals surface area (Å²) in [4.78, 5) is 26.2. The lowest BCUT2D eigenvalue weighted by Crippen LogP contribution is -2.51. The maximum Gasteiger partial charge on any atom is 0.287 e. The van der Waals surface area contributed by atoms with E-state index >= 15 is 0 Å². The van der Waals surface area contributed by atoms with E-state index in [9.17, 15) is 14.0 Å². The average molecular weight is 341 g/mol. The van der Waals surface area contributed by atoms with Crippen LogP contribution in [0.25, 0.3) is 0 Å². The van der Waals surface area contributed by atoms with Crippen LogP contribution in [0.15, 0.2) is 18.2 Å². The molecule has 6 heteroatoms. The maximum absolute atomic E-state index is 13.4. The molecule has 0 atom stereocenters. The van der Waals surface area contributed by atoms with Crippen LogP contribution < -0.4 is 5.32 Å². The molecule has 2 rings (SSSR count). The number of carbonyl (C=O) groups excluding carboxylic acids is 2. The largest absolute Gasteiger partial charge is 0.348 e. The standard InChI is InChI=1S/C17H22ClFN2O2/c1-17(2,21-7-3-4-8-21)11-20-16(23)15(22)10-12-5-6-13(18)14(19)9-12/h5-6,9H,3-4,7-8,10-11H2,1-2H3,(H,20,23). The molecule has 0 aliphatic carbocycles. The van der Waals surface area contributed by atoms with E-state index in [2.05, 4.69) is 24.1 Å². The molecule has 1 N–H and O–H groups in total. The Kier molecular flexibility index (Phi) is 5.76. The zero-order valence-electron chi connectivity index (χ0n) is 13.5. The summed E-state index contributed by atoms with van der Waals surface area (Å²) in [5.74, 6) is -1.80. The van der Waals surface area contributed by atoms with E-state index in [1.807, 2.05) is 0 Å². The van der Waals surface area contributed by atoms with Gasteiger partial charge in [-0.15, -0.1) is 0 Å². The third-order valence-corrected chi connectivity index (χ3v) is 4.55. The first-order chi connectivity index (χ1) is 10.8. The number of Topliss-reactive ketones (excluding diaryl/α,β-unsaturated/α-hetero) is 1. The smallest absolute Gasteiger partial charge is 0.287 e. The van der Waals surface area contributed by atoms with Gasteiger partial charge in [0, 0.05) is 18.5 Å². The van der Waals surface area contributed by atoms with Crippen LogP contribution in [0, 0.1) is 5.82 Å². The van der Waals surface area contributed by atoms with Gasteiger partial charge in [0.2, 0.25) is 5.78 Å². The Labute approximate surface area is 141 Å². The van der Waals surface area contributed by atoms with Crippen molar-refractivity contribution in [2.45, 2.75) is 38.6 Å². The van der Waals surface area contributed by atoms with Gasteiger partial charge in [-0.25, -0.2) is 4.39 Å². The number of likely N-dealkylation sites (tertiary alicyclic amines) is 1. The lowest BCUT2D eigenvalue weighted by atomic mass is 10.0. The number of benzene rings is 1. The van der Waals surface area contributed by atoms with Gasteiger partial charge in [0.25, 0.3) is 5.91 Å². The van der Waals surface area contributed by atoms with E-state index in [1.165, 1.54) is 25.0 Å². The van der Waals surface area contributed by atoms with Gasteiger partial charge in [0.1, 0.15) is 5.82 Å². The van der Waals surface area contributed by atoms with Crippen molar-refractivity contribution in [1.29, 1.82) is 0 Å². The van der Waals surface area contributed by atoms with Gasteiger partial charge in [-0.05, 0) is 57.5 Å². The molecule has 1 aliphatic heterocycles. The highest BCUT2D eigenvalue weighted by Gasteiger charge is 2.30. The Hall–Kier alpha value is -1.46. The van der Waals surface area contributed by atoms with Crippen molar-refractivity contribution in [1.82, 2.24) is 10.2 Å². The summed E-state index contributed by atoms with van der Waals surface area (Å²) < 4.78 is 13.4. The van der Waals surface area contributed by atoms with Gasteiger partial charge in [-0.3, -0.25) is 14.5 Å². The highest BCUT2D eigenvalue weighted by Crippen LogP contribution is 2.20. The van der Waals surface area contributed by atoms with Crippen molar-refractivity contribution >= 4 is 23.3 Å². The normalized spacial score (nSPS) is 15.7. The molecule has 1 heterocycles. The fraction of sp³-hybridized carbons (Fsp3) is 0.529. The number of halogens is 2. The molecule has 1 aliphatic rings. The molecular formula is C17H22ClFN2O2. The maximum atomic E-state index is 13.4. The lowest BCUT2D eigenvalue weighted by molar-refractivity contribution is -0.137. The SMILES string of the molecule is CC(C)(CNC(=O)C(=O)Cc1ccc(Cl)c(F)c1)N1CCCC1. The van der Waals surface area contributed by atoms with Crippen molar-refractivity contribution in [2.24, 2.45) is 0 Å². The third-order valence-electron chi connectivity index (χ3n) is 4.25. The molecule has 0 saturated carbocycles. The van der Waals surface area contributed by atoms with Crippen LogP contribution in [0.4, 0.5) is 4.39 Å². The number of ketones is 1. The number of hydrogen-bond donors (Lipinski definition) is 1. The molecule has 0 spiro atoms. The van der Waals surface area contributed by atoms with Crippen molar-refractivity contribution in [3.63, 3.8) is 0 Å². The molecule has 0 bridgehead atoms. The van der Waals surface area contributed by atoms with Crippen LogP contribution in [0.5, 0.6) is 0 Å². The highest BCUT2D eigenvalue weighted by molar-refractivity contribution is 6.36. The summed E-state index contributed by atoms with van der Waals surface area (Å²) in [5, 5.41) is 2.69. The second kappa shape index (κ2) is 7.41. The lowest BCUT2D eigenvalue weighted by Gasteiger charge is -2.35. The molecule has 1 aromatic carbocycles. The average Bonchev–Trinajstić information content (AvgIpc) is 3.04. The van der Waals surface area contributed by atoms with Crippen LogP contribution in [0.2, 0.25) is 5.02 Å². The number of hydrogen-bond acceptors (Lipinski definition) is 3. The number of carbonyl (C=O) groups is 2. The minimum atomic E-state index is -0.632. The third kappa shape index (κ3) is 4.75. The predicted molar refractivity (Wildman–Crippen MR) is 88.0 cm³/mol. The second-order valence-electron chi connectivity index (χ2n) is 6.54. The fourth-order valence-corrected chi connectivity index (χ4v) is 2.86. The topological polar surface area (TPSA) is 49.4 Å². The molecule has 0 unspecified atom stereocenters. The molecular weight excluding hydrogens is 319 g/mol. The molecule has 0 radical (unpaired) electrons. The molecule has 4 nitrogen and oxygen atoms in total. The number of rotatable bonds is 6. The molecule has 0 aromatic heterocycles. The molecule has 23 heavy (non-hydrogen) atoms. The van der Waals surface area contributed by atoms with Crippen LogP contribution in [-0.2, 0) is 16.0 Å². The monoisotopic (exact) mass is 340 g/mol. The van der Waals surface area contributed by atoms with E-state index in [0.717, 1.165) is 13.1 Å². The van der Waals surface area contributed by atoms with Gasteiger partial charge in [-0.2, -0.15) is 0 Å². The van der Waals surface area contributed by atoms with Gasteiger partial charge >= 0.3 is 0 Å². The zero-order valence-corrected chi connectivity index (χ0v) is 14.3. The van der Waals surface area contributed by atoms with Gasteiger partial charge < -0.3 is 5.32 Å². The minimum Gasteiger partial charge on any atom is -0.348 e. The molecule has 1 fully saturated rings. The van der Waals surface area contributed by atoms with Crippen LogP contribution >= 0.6 is 11.6 Å². The minimum absolute atomic E-state index is 0.00184. The Balaban J connectivity index is 1.87. The number of nitrogens with zero attached hydrogens (tertiary/aromatic N) is 1. The van der Waals surface area contributed by atoms with Crippen molar-refractivity contribution < 1.29 is 14.0 Å². The summed E-state index contributed by atoms with van der Waals surface area (Å²) >= 11 is 5.60. The number of nitrogens with one attached hydrogen (secondary N) is 1. The van der Waals surface area contributed by atoms with Crippen LogP contribution in [0.1, 0.15) is 32.3 Å². The summed E-state index contributed by atoms with van der Waals surface area (Å²) in [6.45, 7) is 6.55. The van der Waals surface area contributed by atoms with Crippen molar-refractivity contribution in [2.75, 3.05) is 19.6 Å². The summed E-state index contributed by atoms with van der Waals surface area (Å²) in [7, 11) is 0. The van der Waals surface area contributed by atoms with Crippen molar-refractivity contribution in [3.8, 4) is 0 Å². The van der Waals surface area contributed by atoms with E-state index in [4.69, 9.17) is 11.6 Å². The molecule has 1 aromatic rings.